The summed E-state index contributed by atoms with van der Waals surface area (Å²) < 4.78 is 62.0. The molecular weight excluding hydrogens is 331 g/mol. The van der Waals surface area contributed by atoms with Gasteiger partial charge in [0.05, 0.1) is 5.56 Å². The van der Waals surface area contributed by atoms with Crippen molar-refractivity contribution in [2.75, 3.05) is 13.1 Å². The Bertz CT molecular complexity index is 607. The van der Waals surface area contributed by atoms with Crippen LogP contribution in [0.1, 0.15) is 24.2 Å². The molecular formula is C11H14F3NO4S2. The van der Waals surface area contributed by atoms with E-state index in [0.29, 0.717) is 15.6 Å². The highest BCUT2D eigenvalue weighted by Crippen LogP contribution is 2.27. The smallest absolute Gasteiger partial charge is 0.402 e. The van der Waals surface area contributed by atoms with Crippen molar-refractivity contribution in [2.45, 2.75) is 24.2 Å². The fourth-order valence-electron chi connectivity index (χ4n) is 1.55. The lowest BCUT2D eigenvalue weighted by molar-refractivity contribution is -0.136. The number of nitrogens with zero attached hydrogens (tertiary/aromatic N) is 1. The van der Waals surface area contributed by atoms with Gasteiger partial charge in [0.15, 0.2) is 0 Å². The first-order chi connectivity index (χ1) is 9.43. The van der Waals surface area contributed by atoms with Crippen LogP contribution in [0.25, 0.3) is 0 Å². The average molecular weight is 345 g/mol. The first kappa shape index (κ1) is 17.9. The van der Waals surface area contributed by atoms with Gasteiger partial charge in [0.25, 0.3) is 10.0 Å². The van der Waals surface area contributed by atoms with Gasteiger partial charge in [-0.3, -0.25) is 0 Å². The average Bonchev–Trinajstić information content (AvgIpc) is 2.75. The number of alkyl halides is 3. The van der Waals surface area contributed by atoms with Gasteiger partial charge in [0.1, 0.15) is 10.8 Å². The molecule has 1 aromatic rings. The van der Waals surface area contributed by atoms with Crippen LogP contribution in [0.3, 0.4) is 0 Å². The van der Waals surface area contributed by atoms with E-state index in [0.717, 1.165) is 11.4 Å². The number of thiophene rings is 1. The second-order valence-electron chi connectivity index (χ2n) is 4.77. The summed E-state index contributed by atoms with van der Waals surface area (Å²) in [6, 6.07) is 0.867. The summed E-state index contributed by atoms with van der Waals surface area (Å²) in [5.41, 5.74) is -0.268. The minimum Gasteiger partial charge on any atom is -0.478 e. The van der Waals surface area contributed by atoms with Crippen LogP contribution in [0.4, 0.5) is 13.2 Å². The standard InChI is InChI=1S/C11H14F3NO4S2/c1-7(2)4-15(6-11(12,13)14)21(18,19)9-3-8(5-20-9)10(16)17/h3,5,7H,4,6H2,1-2H3,(H,16,17). The van der Waals surface area contributed by atoms with E-state index in [1.807, 2.05) is 0 Å². The van der Waals surface area contributed by atoms with Crippen LogP contribution in [0.15, 0.2) is 15.7 Å². The molecule has 0 aliphatic rings. The first-order valence-electron chi connectivity index (χ1n) is 5.82. The molecule has 0 saturated heterocycles. The molecule has 0 saturated carbocycles. The molecule has 10 heteroatoms. The van der Waals surface area contributed by atoms with Gasteiger partial charge in [0, 0.05) is 11.9 Å². The molecule has 0 amide bonds. The quantitative estimate of drug-likeness (QED) is 0.860. The summed E-state index contributed by atoms with van der Waals surface area (Å²) in [5, 5.41) is 9.83. The van der Waals surface area contributed by atoms with E-state index in [1.54, 1.807) is 13.8 Å². The molecule has 1 aromatic heterocycles. The molecule has 0 aliphatic carbocycles. The number of hydrogen-bond donors (Lipinski definition) is 1. The number of rotatable bonds is 6. The minimum absolute atomic E-state index is 0.268. The summed E-state index contributed by atoms with van der Waals surface area (Å²) >= 11 is 0.588. The van der Waals surface area contributed by atoms with Crippen LogP contribution in [0, 0.1) is 5.92 Å². The van der Waals surface area contributed by atoms with Crippen LogP contribution >= 0.6 is 11.3 Å². The second kappa shape index (κ2) is 6.32. The molecule has 0 atom stereocenters. The molecule has 0 aromatic carbocycles. The largest absolute Gasteiger partial charge is 0.478 e. The van der Waals surface area contributed by atoms with Crippen LogP contribution in [-0.2, 0) is 10.0 Å². The molecule has 0 fully saturated rings. The summed E-state index contributed by atoms with van der Waals surface area (Å²) in [5.74, 6) is -1.64. The van der Waals surface area contributed by atoms with E-state index >= 15 is 0 Å². The zero-order valence-electron chi connectivity index (χ0n) is 11.2. The van der Waals surface area contributed by atoms with Crippen molar-refractivity contribution >= 4 is 27.3 Å². The highest BCUT2D eigenvalue weighted by Gasteiger charge is 2.38. The van der Waals surface area contributed by atoms with Gasteiger partial charge in [-0.2, -0.15) is 17.5 Å². The topological polar surface area (TPSA) is 74.7 Å². The number of halogens is 3. The number of carboxylic acids is 1. The predicted octanol–water partition coefficient (Wildman–Crippen LogP) is 2.66. The van der Waals surface area contributed by atoms with Crippen molar-refractivity contribution in [3.05, 3.63) is 17.0 Å². The maximum atomic E-state index is 12.5. The van der Waals surface area contributed by atoms with Gasteiger partial charge in [-0.05, 0) is 12.0 Å². The Balaban J connectivity index is 3.16. The number of hydrogen-bond acceptors (Lipinski definition) is 4. The van der Waals surface area contributed by atoms with E-state index in [2.05, 4.69) is 0 Å². The number of aromatic carboxylic acids is 1. The predicted molar refractivity (Wildman–Crippen MR) is 70.9 cm³/mol. The van der Waals surface area contributed by atoms with E-state index in [1.165, 1.54) is 0 Å². The molecule has 1 N–H and O–H groups in total. The van der Waals surface area contributed by atoms with Gasteiger partial charge in [-0.15, -0.1) is 11.3 Å². The molecule has 1 rings (SSSR count). The lowest BCUT2D eigenvalue weighted by Gasteiger charge is -2.24. The molecule has 5 nitrogen and oxygen atoms in total. The Morgan fingerprint density at radius 2 is 2.00 bits per heavy atom. The van der Waals surface area contributed by atoms with Crippen molar-refractivity contribution in [2.24, 2.45) is 5.92 Å². The van der Waals surface area contributed by atoms with Crippen molar-refractivity contribution in [3.63, 3.8) is 0 Å². The summed E-state index contributed by atoms with van der Waals surface area (Å²) in [4.78, 5) is 10.7. The van der Waals surface area contributed by atoms with Gasteiger partial charge in [0.2, 0.25) is 0 Å². The highest BCUT2D eigenvalue weighted by molar-refractivity contribution is 7.91. The molecule has 0 unspecified atom stereocenters. The van der Waals surface area contributed by atoms with Gasteiger partial charge in [-0.25, -0.2) is 13.2 Å². The normalized spacial score (nSPS) is 13.1. The van der Waals surface area contributed by atoms with E-state index < -0.39 is 32.9 Å². The monoisotopic (exact) mass is 345 g/mol. The van der Waals surface area contributed by atoms with Gasteiger partial charge in [-0.1, -0.05) is 13.8 Å². The number of carboxylic acid groups (broad SMARTS) is 1. The van der Waals surface area contributed by atoms with Crippen LogP contribution in [0.5, 0.6) is 0 Å². The molecule has 0 spiro atoms. The lowest BCUT2D eigenvalue weighted by Crippen LogP contribution is -2.40. The Morgan fingerprint density at radius 1 is 1.43 bits per heavy atom. The Hall–Kier alpha value is -1.13. The van der Waals surface area contributed by atoms with E-state index in [-0.39, 0.29) is 18.0 Å². The van der Waals surface area contributed by atoms with Crippen LogP contribution in [0.2, 0.25) is 0 Å². The van der Waals surface area contributed by atoms with Crippen molar-refractivity contribution in [1.82, 2.24) is 4.31 Å². The fraction of sp³-hybridized carbons (Fsp3) is 0.545. The van der Waals surface area contributed by atoms with Gasteiger partial charge < -0.3 is 5.11 Å². The van der Waals surface area contributed by atoms with Crippen molar-refractivity contribution in [3.8, 4) is 0 Å². The Morgan fingerprint density at radius 3 is 2.38 bits per heavy atom. The molecule has 0 bridgehead atoms. The van der Waals surface area contributed by atoms with Crippen molar-refractivity contribution < 1.29 is 31.5 Å². The zero-order valence-corrected chi connectivity index (χ0v) is 12.8. The summed E-state index contributed by atoms with van der Waals surface area (Å²) in [7, 11) is -4.37. The van der Waals surface area contributed by atoms with Crippen LogP contribution in [-0.4, -0.2) is 43.1 Å². The minimum atomic E-state index is -4.67. The third-order valence-electron chi connectivity index (χ3n) is 2.34. The van der Waals surface area contributed by atoms with Gasteiger partial charge >= 0.3 is 12.1 Å². The summed E-state index contributed by atoms with van der Waals surface area (Å²) in [6.45, 7) is 1.28. The fourth-order valence-corrected chi connectivity index (χ4v) is 4.44. The third-order valence-corrected chi connectivity index (χ3v) is 5.57. The second-order valence-corrected chi connectivity index (χ2v) is 7.84. The maximum Gasteiger partial charge on any atom is 0.402 e. The third kappa shape index (κ3) is 4.97. The van der Waals surface area contributed by atoms with Crippen LogP contribution < -0.4 is 0 Å². The SMILES string of the molecule is CC(C)CN(CC(F)(F)F)S(=O)(=O)c1cc(C(=O)O)cs1. The molecule has 0 radical (unpaired) electrons. The molecule has 1 heterocycles. The Labute approximate surface area is 124 Å². The Kier molecular flexibility index (Phi) is 5.40. The molecule has 120 valence electrons. The van der Waals surface area contributed by atoms with Crippen molar-refractivity contribution in [1.29, 1.82) is 0 Å². The molecule has 0 aliphatic heterocycles. The molecule has 21 heavy (non-hydrogen) atoms. The first-order valence-corrected chi connectivity index (χ1v) is 8.14. The zero-order chi connectivity index (χ0) is 16.4. The number of carbonyl (C=O) groups is 1. The van der Waals surface area contributed by atoms with E-state index in [9.17, 15) is 26.4 Å². The summed E-state index contributed by atoms with van der Waals surface area (Å²) in [6.07, 6.45) is -4.67. The highest BCUT2D eigenvalue weighted by atomic mass is 32.2. The lowest BCUT2D eigenvalue weighted by atomic mass is 10.2. The number of sulfonamides is 1. The van der Waals surface area contributed by atoms with E-state index in [4.69, 9.17) is 5.11 Å². The maximum absolute atomic E-state index is 12.5.